The first-order chi connectivity index (χ1) is 13.2. The van der Waals surface area contributed by atoms with Crippen molar-refractivity contribution in [2.75, 3.05) is 5.75 Å². The molecular formula is C19H18N4O3S. The maximum Gasteiger partial charge on any atom is 0.419 e. The van der Waals surface area contributed by atoms with Crippen LogP contribution in [0.25, 0.3) is 22.5 Å². The molecule has 3 aromatic heterocycles. The summed E-state index contributed by atoms with van der Waals surface area (Å²) in [6.07, 6.45) is 3.45. The molecule has 0 aliphatic heterocycles. The summed E-state index contributed by atoms with van der Waals surface area (Å²) in [5, 5.41) is 9.40. The smallest absolute Gasteiger partial charge is 0.419 e. The quantitative estimate of drug-likeness (QED) is 0.358. The van der Waals surface area contributed by atoms with E-state index in [1.54, 1.807) is 23.0 Å². The molecule has 27 heavy (non-hydrogen) atoms. The molecule has 0 radical (unpaired) electrons. The van der Waals surface area contributed by atoms with Gasteiger partial charge in [0.1, 0.15) is 5.76 Å². The lowest BCUT2D eigenvalue weighted by Crippen LogP contribution is -2.15. The van der Waals surface area contributed by atoms with Gasteiger partial charge in [-0.15, -0.1) is 16.8 Å². The molecule has 8 heteroatoms. The van der Waals surface area contributed by atoms with E-state index in [0.717, 1.165) is 27.8 Å². The summed E-state index contributed by atoms with van der Waals surface area (Å²) in [5.74, 6) is 1.85. The highest BCUT2D eigenvalue weighted by atomic mass is 32.2. The third-order valence-electron chi connectivity index (χ3n) is 4.25. The fourth-order valence-electron chi connectivity index (χ4n) is 2.96. The number of nitrogens with zero attached hydrogens (tertiary/aromatic N) is 4. The van der Waals surface area contributed by atoms with Crippen LogP contribution in [0.4, 0.5) is 0 Å². The minimum Gasteiger partial charge on any atom is -0.469 e. The van der Waals surface area contributed by atoms with E-state index in [1.807, 2.05) is 35.8 Å². The SMILES string of the molecule is C=CCn1c(SCCn2c(=O)oc3ccccc32)nnc1-c1ccoc1C. The van der Waals surface area contributed by atoms with Crippen LogP contribution in [0.15, 0.2) is 68.0 Å². The van der Waals surface area contributed by atoms with Crippen molar-refractivity contribution in [2.45, 2.75) is 25.2 Å². The van der Waals surface area contributed by atoms with Gasteiger partial charge in [0, 0.05) is 18.8 Å². The summed E-state index contributed by atoms with van der Waals surface area (Å²) in [7, 11) is 0. The van der Waals surface area contributed by atoms with E-state index in [9.17, 15) is 4.79 Å². The van der Waals surface area contributed by atoms with E-state index >= 15 is 0 Å². The minimum absolute atomic E-state index is 0.348. The van der Waals surface area contributed by atoms with Gasteiger partial charge in [-0.3, -0.25) is 9.13 Å². The Kier molecular flexibility index (Phi) is 4.72. The summed E-state index contributed by atoms with van der Waals surface area (Å²) < 4.78 is 14.3. The van der Waals surface area contributed by atoms with E-state index in [4.69, 9.17) is 8.83 Å². The van der Waals surface area contributed by atoms with Crippen molar-refractivity contribution in [1.29, 1.82) is 0 Å². The van der Waals surface area contributed by atoms with Crippen LogP contribution in [0.3, 0.4) is 0 Å². The van der Waals surface area contributed by atoms with Crippen molar-refractivity contribution in [3.8, 4) is 11.4 Å². The van der Waals surface area contributed by atoms with Crippen molar-refractivity contribution < 1.29 is 8.83 Å². The van der Waals surface area contributed by atoms with E-state index in [1.165, 1.54) is 11.8 Å². The summed E-state index contributed by atoms with van der Waals surface area (Å²) in [4.78, 5) is 12.1. The lowest BCUT2D eigenvalue weighted by atomic mass is 10.2. The highest BCUT2D eigenvalue weighted by Crippen LogP contribution is 2.27. The Morgan fingerprint density at radius 3 is 2.85 bits per heavy atom. The first-order valence-corrected chi connectivity index (χ1v) is 9.47. The van der Waals surface area contributed by atoms with Gasteiger partial charge in [0.15, 0.2) is 16.6 Å². The number of oxazole rings is 1. The number of aromatic nitrogens is 4. The molecule has 0 saturated carbocycles. The second-order valence-corrected chi connectivity index (χ2v) is 6.99. The zero-order chi connectivity index (χ0) is 18.8. The number of furan rings is 1. The molecule has 0 N–H and O–H groups in total. The number of hydrogen-bond donors (Lipinski definition) is 0. The molecule has 0 aliphatic rings. The predicted molar refractivity (Wildman–Crippen MR) is 104 cm³/mol. The second kappa shape index (κ2) is 7.32. The molecule has 1 aromatic carbocycles. The molecule has 0 amide bonds. The molecule has 4 aromatic rings. The lowest BCUT2D eigenvalue weighted by Gasteiger charge is -2.07. The normalized spacial score (nSPS) is 11.3. The predicted octanol–water partition coefficient (Wildman–Crippen LogP) is 3.73. The second-order valence-electron chi connectivity index (χ2n) is 5.93. The standard InChI is InChI=1S/C19H18N4O3S/c1-3-9-23-17(14-8-11-25-13(14)2)20-21-18(23)27-12-10-22-15-6-4-5-7-16(15)26-19(22)24/h3-8,11H,1,9-10,12H2,2H3. The van der Waals surface area contributed by atoms with Crippen LogP contribution in [0.2, 0.25) is 0 Å². The first kappa shape index (κ1) is 17.4. The molecule has 138 valence electrons. The average Bonchev–Trinajstić information content (AvgIpc) is 3.34. The maximum absolute atomic E-state index is 12.1. The van der Waals surface area contributed by atoms with Crippen molar-refractivity contribution in [3.63, 3.8) is 0 Å². The highest BCUT2D eigenvalue weighted by molar-refractivity contribution is 7.99. The van der Waals surface area contributed by atoms with E-state index in [-0.39, 0.29) is 5.76 Å². The third-order valence-corrected chi connectivity index (χ3v) is 5.19. The number of rotatable bonds is 7. The molecule has 0 aliphatic carbocycles. The molecule has 0 atom stereocenters. The number of thioether (sulfide) groups is 1. The monoisotopic (exact) mass is 382 g/mol. The Balaban J connectivity index is 1.55. The number of aryl methyl sites for hydroxylation is 2. The van der Waals surface area contributed by atoms with Gasteiger partial charge in [-0.05, 0) is 25.1 Å². The van der Waals surface area contributed by atoms with Crippen molar-refractivity contribution in [2.24, 2.45) is 0 Å². The zero-order valence-electron chi connectivity index (χ0n) is 14.8. The van der Waals surface area contributed by atoms with Gasteiger partial charge in [-0.1, -0.05) is 30.0 Å². The number of fused-ring (bicyclic) bond motifs is 1. The van der Waals surface area contributed by atoms with Crippen LogP contribution in [-0.2, 0) is 13.1 Å². The van der Waals surface area contributed by atoms with Gasteiger partial charge in [0.25, 0.3) is 0 Å². The van der Waals surface area contributed by atoms with Gasteiger partial charge in [0.2, 0.25) is 0 Å². The molecule has 0 fully saturated rings. The Morgan fingerprint density at radius 2 is 2.07 bits per heavy atom. The Bertz CT molecular complexity index is 1150. The van der Waals surface area contributed by atoms with E-state index in [0.29, 0.717) is 24.4 Å². The fourth-order valence-corrected chi connectivity index (χ4v) is 3.83. The van der Waals surface area contributed by atoms with Crippen LogP contribution >= 0.6 is 11.8 Å². The van der Waals surface area contributed by atoms with Gasteiger partial charge in [0.05, 0.1) is 17.3 Å². The van der Waals surface area contributed by atoms with Crippen molar-refractivity contribution in [1.82, 2.24) is 19.3 Å². The summed E-state index contributed by atoms with van der Waals surface area (Å²) >= 11 is 1.54. The number of para-hydroxylation sites is 2. The van der Waals surface area contributed by atoms with Crippen LogP contribution in [0.1, 0.15) is 5.76 Å². The largest absolute Gasteiger partial charge is 0.469 e. The molecular weight excluding hydrogens is 364 g/mol. The van der Waals surface area contributed by atoms with Crippen LogP contribution in [0.5, 0.6) is 0 Å². The lowest BCUT2D eigenvalue weighted by molar-refractivity contribution is 0.514. The number of benzene rings is 1. The minimum atomic E-state index is -0.348. The first-order valence-electron chi connectivity index (χ1n) is 8.48. The average molecular weight is 382 g/mol. The Labute approximate surface area is 159 Å². The third kappa shape index (κ3) is 3.23. The van der Waals surface area contributed by atoms with Gasteiger partial charge in [-0.25, -0.2) is 4.79 Å². The van der Waals surface area contributed by atoms with E-state index < -0.39 is 0 Å². The summed E-state index contributed by atoms with van der Waals surface area (Å²) in [6.45, 7) is 6.82. The highest BCUT2D eigenvalue weighted by Gasteiger charge is 2.17. The Hall–Kier alpha value is -3.00. The summed E-state index contributed by atoms with van der Waals surface area (Å²) in [5.41, 5.74) is 2.30. The fraction of sp³-hybridized carbons (Fsp3) is 0.211. The molecule has 0 unspecified atom stereocenters. The van der Waals surface area contributed by atoms with Crippen molar-refractivity contribution in [3.05, 3.63) is 65.6 Å². The number of allylic oxidation sites excluding steroid dienone is 1. The zero-order valence-corrected chi connectivity index (χ0v) is 15.6. The van der Waals surface area contributed by atoms with Crippen molar-refractivity contribution >= 4 is 22.9 Å². The number of hydrogen-bond acceptors (Lipinski definition) is 6. The molecule has 0 saturated heterocycles. The molecule has 7 nitrogen and oxygen atoms in total. The molecule has 4 rings (SSSR count). The van der Waals surface area contributed by atoms with Crippen LogP contribution in [-0.4, -0.2) is 25.1 Å². The van der Waals surface area contributed by atoms with Gasteiger partial charge < -0.3 is 8.83 Å². The van der Waals surface area contributed by atoms with Crippen LogP contribution < -0.4 is 5.76 Å². The molecule has 0 bridgehead atoms. The maximum atomic E-state index is 12.1. The molecule has 0 spiro atoms. The molecule has 3 heterocycles. The Morgan fingerprint density at radius 1 is 1.22 bits per heavy atom. The van der Waals surface area contributed by atoms with Crippen LogP contribution in [0, 0.1) is 6.92 Å². The van der Waals surface area contributed by atoms with Gasteiger partial charge >= 0.3 is 5.76 Å². The van der Waals surface area contributed by atoms with Gasteiger partial charge in [-0.2, -0.15) is 0 Å². The topological polar surface area (TPSA) is 79.0 Å². The summed E-state index contributed by atoms with van der Waals surface area (Å²) in [6, 6.07) is 9.29. The van der Waals surface area contributed by atoms with E-state index in [2.05, 4.69) is 16.8 Å².